The molecule has 1 heterocycles. The highest BCUT2D eigenvalue weighted by Gasteiger charge is 2.12. The molecule has 2 nitrogen and oxygen atoms in total. The SMILES string of the molecule is O=C(CSc1cn(Cc2ccc(Br)cc2)c2ccccc12)c1ccccc1. The first-order valence-corrected chi connectivity index (χ1v) is 10.5. The second-order valence-corrected chi connectivity index (χ2v) is 8.28. The lowest BCUT2D eigenvalue weighted by atomic mass is 10.2. The molecule has 0 spiro atoms. The van der Waals surface area contributed by atoms with Gasteiger partial charge in [0.1, 0.15) is 0 Å². The van der Waals surface area contributed by atoms with Crippen LogP contribution in [0.25, 0.3) is 10.9 Å². The maximum Gasteiger partial charge on any atom is 0.173 e. The molecule has 4 rings (SSSR count). The van der Waals surface area contributed by atoms with Crippen molar-refractivity contribution in [2.45, 2.75) is 11.4 Å². The highest BCUT2D eigenvalue weighted by molar-refractivity contribution is 9.10. The van der Waals surface area contributed by atoms with Crippen LogP contribution in [-0.2, 0) is 6.54 Å². The predicted molar refractivity (Wildman–Crippen MR) is 117 cm³/mol. The van der Waals surface area contributed by atoms with E-state index >= 15 is 0 Å². The van der Waals surface area contributed by atoms with Gasteiger partial charge in [0.25, 0.3) is 0 Å². The van der Waals surface area contributed by atoms with E-state index < -0.39 is 0 Å². The average molecular weight is 436 g/mol. The third kappa shape index (κ3) is 4.18. The first-order chi connectivity index (χ1) is 13.2. The van der Waals surface area contributed by atoms with Gasteiger partial charge in [-0.05, 0) is 23.8 Å². The molecule has 134 valence electrons. The van der Waals surface area contributed by atoms with E-state index in [0.29, 0.717) is 5.75 Å². The van der Waals surface area contributed by atoms with Crippen molar-refractivity contribution in [2.24, 2.45) is 0 Å². The van der Waals surface area contributed by atoms with Gasteiger partial charge in [-0.2, -0.15) is 0 Å². The van der Waals surface area contributed by atoms with Crippen molar-refractivity contribution in [1.82, 2.24) is 4.57 Å². The Kier molecular flexibility index (Phi) is 5.46. The lowest BCUT2D eigenvalue weighted by molar-refractivity contribution is 0.102. The summed E-state index contributed by atoms with van der Waals surface area (Å²) in [5, 5.41) is 1.19. The first kappa shape index (κ1) is 18.1. The monoisotopic (exact) mass is 435 g/mol. The molecule has 0 amide bonds. The minimum Gasteiger partial charge on any atom is -0.342 e. The van der Waals surface area contributed by atoms with Crippen LogP contribution in [0.3, 0.4) is 0 Å². The number of halogens is 1. The Morgan fingerprint density at radius 1 is 0.889 bits per heavy atom. The highest BCUT2D eigenvalue weighted by atomic mass is 79.9. The summed E-state index contributed by atoms with van der Waals surface area (Å²) in [6.45, 7) is 0.807. The van der Waals surface area contributed by atoms with E-state index in [0.717, 1.165) is 21.5 Å². The summed E-state index contributed by atoms with van der Waals surface area (Å²) in [5.74, 6) is 0.599. The number of thioether (sulfide) groups is 1. The quantitative estimate of drug-likeness (QED) is 0.257. The molecule has 0 saturated carbocycles. The van der Waals surface area contributed by atoms with Crippen molar-refractivity contribution in [2.75, 3.05) is 5.75 Å². The van der Waals surface area contributed by atoms with Crippen LogP contribution >= 0.6 is 27.7 Å². The van der Waals surface area contributed by atoms with Crippen molar-refractivity contribution in [3.63, 3.8) is 0 Å². The highest BCUT2D eigenvalue weighted by Crippen LogP contribution is 2.31. The van der Waals surface area contributed by atoms with Gasteiger partial charge in [0.15, 0.2) is 5.78 Å². The van der Waals surface area contributed by atoms with Crippen molar-refractivity contribution in [3.8, 4) is 0 Å². The number of carbonyl (C=O) groups is 1. The van der Waals surface area contributed by atoms with Crippen LogP contribution in [-0.4, -0.2) is 16.1 Å². The molecule has 4 heteroatoms. The topological polar surface area (TPSA) is 22.0 Å². The van der Waals surface area contributed by atoms with Gasteiger partial charge in [-0.25, -0.2) is 0 Å². The van der Waals surface area contributed by atoms with Crippen LogP contribution in [0.2, 0.25) is 0 Å². The van der Waals surface area contributed by atoms with Crippen LogP contribution < -0.4 is 0 Å². The largest absolute Gasteiger partial charge is 0.342 e. The van der Waals surface area contributed by atoms with E-state index in [-0.39, 0.29) is 5.78 Å². The maximum absolute atomic E-state index is 12.5. The predicted octanol–water partition coefficient (Wildman–Crippen LogP) is 6.43. The maximum atomic E-state index is 12.5. The Hall–Kier alpha value is -2.30. The van der Waals surface area contributed by atoms with Crippen molar-refractivity contribution >= 4 is 44.4 Å². The summed E-state index contributed by atoms with van der Waals surface area (Å²) < 4.78 is 3.34. The van der Waals surface area contributed by atoms with Gasteiger partial charge in [-0.3, -0.25) is 4.79 Å². The molecule has 0 aliphatic carbocycles. The molecule has 0 N–H and O–H groups in total. The van der Waals surface area contributed by atoms with Gasteiger partial charge in [0.2, 0.25) is 0 Å². The number of rotatable bonds is 6. The van der Waals surface area contributed by atoms with Crippen molar-refractivity contribution in [1.29, 1.82) is 0 Å². The summed E-state index contributed by atoms with van der Waals surface area (Å²) in [5.41, 5.74) is 3.20. The van der Waals surface area contributed by atoms with E-state index in [1.165, 1.54) is 16.5 Å². The summed E-state index contributed by atoms with van der Waals surface area (Å²) >= 11 is 5.09. The normalized spacial score (nSPS) is 11.0. The van der Waals surface area contributed by atoms with Crippen LogP contribution in [0, 0.1) is 0 Å². The van der Waals surface area contributed by atoms with Crippen molar-refractivity contribution in [3.05, 3.63) is 101 Å². The van der Waals surface area contributed by atoms with Crippen LogP contribution in [0.1, 0.15) is 15.9 Å². The van der Waals surface area contributed by atoms with E-state index in [2.05, 4.69) is 75.2 Å². The van der Waals surface area contributed by atoms with Crippen LogP contribution in [0.4, 0.5) is 0 Å². The second-order valence-electron chi connectivity index (χ2n) is 6.34. The first-order valence-electron chi connectivity index (χ1n) is 8.74. The van der Waals surface area contributed by atoms with Crippen LogP contribution in [0.5, 0.6) is 0 Å². The van der Waals surface area contributed by atoms with Gasteiger partial charge < -0.3 is 4.57 Å². The zero-order valence-electron chi connectivity index (χ0n) is 14.6. The van der Waals surface area contributed by atoms with Gasteiger partial charge in [0, 0.05) is 38.6 Å². The lowest BCUT2D eigenvalue weighted by Crippen LogP contribution is -2.01. The number of para-hydroxylation sites is 1. The van der Waals surface area contributed by atoms with Crippen molar-refractivity contribution < 1.29 is 4.79 Å². The number of nitrogens with zero attached hydrogens (tertiary/aromatic N) is 1. The van der Waals surface area contributed by atoms with Gasteiger partial charge in [0.05, 0.1) is 5.75 Å². The molecule has 0 aliphatic rings. The third-order valence-corrected chi connectivity index (χ3v) is 6.04. The molecular formula is C23H18BrNOS. The smallest absolute Gasteiger partial charge is 0.173 e. The minimum atomic E-state index is 0.158. The number of fused-ring (bicyclic) bond motifs is 1. The molecule has 1 aromatic heterocycles. The fraction of sp³-hybridized carbons (Fsp3) is 0.0870. The van der Waals surface area contributed by atoms with Crippen LogP contribution in [0.15, 0.2) is 94.4 Å². The fourth-order valence-corrected chi connectivity index (χ4v) is 4.34. The molecule has 0 atom stereocenters. The number of Topliss-reactive ketones (excluding diaryl/α,β-unsaturated/α-hetero) is 1. The number of hydrogen-bond donors (Lipinski definition) is 0. The zero-order valence-corrected chi connectivity index (χ0v) is 17.0. The fourth-order valence-electron chi connectivity index (χ4n) is 3.10. The molecule has 0 unspecified atom stereocenters. The molecule has 0 bridgehead atoms. The molecule has 0 radical (unpaired) electrons. The summed E-state index contributed by atoms with van der Waals surface area (Å²) in [6.07, 6.45) is 2.16. The molecule has 4 aromatic rings. The van der Waals surface area contributed by atoms with Gasteiger partial charge >= 0.3 is 0 Å². The molecule has 3 aromatic carbocycles. The summed E-state index contributed by atoms with van der Waals surface area (Å²) in [6, 6.07) is 26.3. The molecule has 0 saturated heterocycles. The minimum absolute atomic E-state index is 0.158. The Balaban J connectivity index is 1.58. The second kappa shape index (κ2) is 8.15. The van der Waals surface area contributed by atoms with E-state index in [1.807, 2.05) is 30.3 Å². The molecule has 27 heavy (non-hydrogen) atoms. The molecule has 0 aliphatic heterocycles. The number of carbonyl (C=O) groups excluding carboxylic acids is 1. The Morgan fingerprint density at radius 2 is 1.59 bits per heavy atom. The lowest BCUT2D eigenvalue weighted by Gasteiger charge is -2.05. The number of ketones is 1. The number of aromatic nitrogens is 1. The molecular weight excluding hydrogens is 418 g/mol. The Morgan fingerprint density at radius 3 is 2.37 bits per heavy atom. The summed E-state index contributed by atoms with van der Waals surface area (Å²) in [7, 11) is 0. The zero-order chi connectivity index (χ0) is 18.6. The third-order valence-electron chi connectivity index (χ3n) is 4.47. The number of hydrogen-bond acceptors (Lipinski definition) is 2. The van der Waals surface area contributed by atoms with E-state index in [1.54, 1.807) is 11.8 Å². The van der Waals surface area contributed by atoms with E-state index in [9.17, 15) is 4.79 Å². The van der Waals surface area contributed by atoms with Gasteiger partial charge in [-0.15, -0.1) is 11.8 Å². The van der Waals surface area contributed by atoms with E-state index in [4.69, 9.17) is 0 Å². The molecule has 0 fully saturated rings. The Labute approximate surface area is 171 Å². The standard InChI is InChI=1S/C23H18BrNOS/c24-19-12-10-17(11-13-19)14-25-15-23(20-8-4-5-9-21(20)25)27-16-22(26)18-6-2-1-3-7-18/h1-13,15H,14,16H2. The Bertz CT molecular complexity index is 1070. The number of benzene rings is 3. The average Bonchev–Trinajstić information content (AvgIpc) is 3.06. The summed E-state index contributed by atoms with van der Waals surface area (Å²) in [4.78, 5) is 13.6. The van der Waals surface area contributed by atoms with Gasteiger partial charge in [-0.1, -0.05) is 76.6 Å².